The monoisotopic (exact) mass is 282 g/mol. The number of benzene rings is 2. The Kier molecular flexibility index (Phi) is 4.19. The summed E-state index contributed by atoms with van der Waals surface area (Å²) in [7, 11) is 0. The second-order valence-electron chi connectivity index (χ2n) is 4.75. The number of rotatable bonds is 4. The molecule has 0 aliphatic carbocycles. The van der Waals surface area contributed by atoms with Gasteiger partial charge in [-0.3, -0.25) is 10.1 Å². The Bertz CT molecular complexity index is 733. The first kappa shape index (κ1) is 14.5. The molecule has 21 heavy (non-hydrogen) atoms. The van der Waals surface area contributed by atoms with Gasteiger partial charge in [-0.1, -0.05) is 6.07 Å². The summed E-state index contributed by atoms with van der Waals surface area (Å²) in [5, 5.41) is 19.5. The van der Waals surface area contributed by atoms with Gasteiger partial charge in [-0.2, -0.15) is 5.26 Å². The van der Waals surface area contributed by atoms with Crippen LogP contribution in [0.25, 0.3) is 0 Å². The molecule has 0 fully saturated rings. The number of ether oxygens (including phenoxy) is 1. The molecule has 0 unspecified atom stereocenters. The summed E-state index contributed by atoms with van der Waals surface area (Å²) in [4.78, 5) is 10.3. The van der Waals surface area contributed by atoms with Crippen LogP contribution in [0, 0.1) is 35.3 Å². The fraction of sp³-hybridized carbons (Fsp3) is 0.188. The van der Waals surface area contributed by atoms with Gasteiger partial charge < -0.3 is 4.74 Å². The SMILES string of the molecule is Cc1cc(C#N)ccc1COc1ccc([N+](=O)[O-])cc1C. The van der Waals surface area contributed by atoms with Gasteiger partial charge in [0.05, 0.1) is 16.6 Å². The molecule has 2 rings (SSSR count). The maximum Gasteiger partial charge on any atom is 0.269 e. The number of non-ortho nitro benzene ring substituents is 1. The van der Waals surface area contributed by atoms with Crippen LogP contribution in [0.5, 0.6) is 5.75 Å². The van der Waals surface area contributed by atoms with Crippen molar-refractivity contribution in [2.75, 3.05) is 0 Å². The number of aryl methyl sites for hydroxylation is 2. The van der Waals surface area contributed by atoms with E-state index < -0.39 is 4.92 Å². The van der Waals surface area contributed by atoms with Crippen molar-refractivity contribution < 1.29 is 9.66 Å². The standard InChI is InChI=1S/C16H14N2O3/c1-11-7-13(9-17)3-4-14(11)10-21-16-6-5-15(18(19)20)8-12(16)2/h3-8H,10H2,1-2H3. The average Bonchev–Trinajstić information content (AvgIpc) is 2.46. The highest BCUT2D eigenvalue weighted by Gasteiger charge is 2.09. The lowest BCUT2D eigenvalue weighted by molar-refractivity contribution is -0.384. The fourth-order valence-corrected chi connectivity index (χ4v) is 1.99. The van der Waals surface area contributed by atoms with Crippen molar-refractivity contribution in [2.45, 2.75) is 20.5 Å². The van der Waals surface area contributed by atoms with Crippen molar-refractivity contribution in [3.05, 3.63) is 68.8 Å². The van der Waals surface area contributed by atoms with Crippen LogP contribution < -0.4 is 4.74 Å². The molecule has 5 heteroatoms. The second-order valence-corrected chi connectivity index (χ2v) is 4.75. The average molecular weight is 282 g/mol. The zero-order chi connectivity index (χ0) is 15.4. The largest absolute Gasteiger partial charge is 0.489 e. The maximum atomic E-state index is 10.7. The van der Waals surface area contributed by atoms with Gasteiger partial charge in [-0.25, -0.2) is 0 Å². The number of hydrogen-bond donors (Lipinski definition) is 0. The van der Waals surface area contributed by atoms with Crippen LogP contribution in [0.15, 0.2) is 36.4 Å². The highest BCUT2D eigenvalue weighted by atomic mass is 16.6. The molecule has 2 aromatic carbocycles. The molecule has 0 N–H and O–H groups in total. The van der Waals surface area contributed by atoms with E-state index in [2.05, 4.69) is 6.07 Å². The zero-order valence-electron chi connectivity index (χ0n) is 11.8. The van der Waals surface area contributed by atoms with E-state index in [9.17, 15) is 10.1 Å². The minimum absolute atomic E-state index is 0.0504. The molecule has 0 aromatic heterocycles. The summed E-state index contributed by atoms with van der Waals surface area (Å²) in [6.45, 7) is 4.05. The second kappa shape index (κ2) is 6.06. The summed E-state index contributed by atoms with van der Waals surface area (Å²) in [5.74, 6) is 0.615. The molecule has 0 radical (unpaired) electrons. The van der Waals surface area contributed by atoms with Gasteiger partial charge in [0.15, 0.2) is 0 Å². The van der Waals surface area contributed by atoms with Crippen molar-refractivity contribution in [2.24, 2.45) is 0 Å². The van der Waals surface area contributed by atoms with Crippen LogP contribution in [-0.4, -0.2) is 4.92 Å². The molecule has 0 bridgehead atoms. The van der Waals surface area contributed by atoms with Crippen molar-refractivity contribution in [1.29, 1.82) is 5.26 Å². The Morgan fingerprint density at radius 2 is 1.95 bits per heavy atom. The lowest BCUT2D eigenvalue weighted by Crippen LogP contribution is -2.00. The van der Waals surface area contributed by atoms with Crippen LogP contribution >= 0.6 is 0 Å². The number of hydrogen-bond acceptors (Lipinski definition) is 4. The first-order valence-corrected chi connectivity index (χ1v) is 6.38. The molecular formula is C16H14N2O3. The lowest BCUT2D eigenvalue weighted by Gasteiger charge is -2.11. The van der Waals surface area contributed by atoms with Gasteiger partial charge in [0.2, 0.25) is 0 Å². The predicted molar refractivity (Wildman–Crippen MR) is 78.1 cm³/mol. The summed E-state index contributed by atoms with van der Waals surface area (Å²) in [6.07, 6.45) is 0. The van der Waals surface area contributed by atoms with Crippen LogP contribution in [-0.2, 0) is 6.61 Å². The van der Waals surface area contributed by atoms with E-state index in [0.29, 0.717) is 17.9 Å². The highest BCUT2D eigenvalue weighted by molar-refractivity contribution is 5.43. The molecule has 106 valence electrons. The van der Waals surface area contributed by atoms with E-state index in [0.717, 1.165) is 16.7 Å². The molecule has 0 saturated carbocycles. The molecule has 0 atom stereocenters. The third-order valence-electron chi connectivity index (χ3n) is 3.22. The number of nitriles is 1. The molecular weight excluding hydrogens is 268 g/mol. The Morgan fingerprint density at radius 3 is 2.52 bits per heavy atom. The molecule has 2 aromatic rings. The smallest absolute Gasteiger partial charge is 0.269 e. The Balaban J connectivity index is 2.13. The minimum Gasteiger partial charge on any atom is -0.489 e. The van der Waals surface area contributed by atoms with Crippen LogP contribution in [0.2, 0.25) is 0 Å². The number of nitrogens with zero attached hydrogens (tertiary/aromatic N) is 2. The zero-order valence-corrected chi connectivity index (χ0v) is 11.8. The van der Waals surface area contributed by atoms with Gasteiger partial charge in [0.25, 0.3) is 5.69 Å². The van der Waals surface area contributed by atoms with E-state index in [-0.39, 0.29) is 5.69 Å². The predicted octanol–water partition coefficient (Wildman–Crippen LogP) is 3.66. The fourth-order valence-electron chi connectivity index (χ4n) is 1.99. The normalized spacial score (nSPS) is 9.95. The molecule has 0 heterocycles. The maximum absolute atomic E-state index is 10.7. The Morgan fingerprint density at radius 1 is 1.19 bits per heavy atom. The molecule has 0 aliphatic rings. The molecule has 0 aliphatic heterocycles. The third-order valence-corrected chi connectivity index (χ3v) is 3.22. The van der Waals surface area contributed by atoms with E-state index in [1.165, 1.54) is 12.1 Å². The summed E-state index contributed by atoms with van der Waals surface area (Å²) >= 11 is 0. The topological polar surface area (TPSA) is 76.2 Å². The highest BCUT2D eigenvalue weighted by Crippen LogP contribution is 2.24. The Hall–Kier alpha value is -2.87. The van der Waals surface area contributed by atoms with Crippen LogP contribution in [0.1, 0.15) is 22.3 Å². The molecule has 0 spiro atoms. The van der Waals surface area contributed by atoms with Crippen LogP contribution in [0.4, 0.5) is 5.69 Å². The Labute approximate surface area is 122 Å². The van der Waals surface area contributed by atoms with Crippen molar-refractivity contribution >= 4 is 5.69 Å². The van der Waals surface area contributed by atoms with Crippen molar-refractivity contribution in [3.8, 4) is 11.8 Å². The van der Waals surface area contributed by atoms with E-state index >= 15 is 0 Å². The lowest BCUT2D eigenvalue weighted by atomic mass is 10.1. The van der Waals surface area contributed by atoms with Gasteiger partial charge >= 0.3 is 0 Å². The third kappa shape index (κ3) is 3.37. The van der Waals surface area contributed by atoms with Gasteiger partial charge in [-0.05, 0) is 48.7 Å². The first-order valence-electron chi connectivity index (χ1n) is 6.38. The quantitative estimate of drug-likeness (QED) is 0.633. The molecule has 5 nitrogen and oxygen atoms in total. The molecule has 0 saturated heterocycles. The van der Waals surface area contributed by atoms with Gasteiger partial charge in [-0.15, -0.1) is 0 Å². The summed E-state index contributed by atoms with van der Waals surface area (Å²) in [5.41, 5.74) is 3.34. The van der Waals surface area contributed by atoms with Crippen molar-refractivity contribution in [1.82, 2.24) is 0 Å². The van der Waals surface area contributed by atoms with E-state index in [1.807, 2.05) is 13.0 Å². The minimum atomic E-state index is -0.429. The van der Waals surface area contributed by atoms with Gasteiger partial charge in [0.1, 0.15) is 12.4 Å². The van der Waals surface area contributed by atoms with Gasteiger partial charge in [0, 0.05) is 12.1 Å². The number of nitro groups is 1. The van der Waals surface area contributed by atoms with Crippen LogP contribution in [0.3, 0.4) is 0 Å². The summed E-state index contributed by atoms with van der Waals surface area (Å²) in [6, 6.07) is 12.0. The van der Waals surface area contributed by atoms with E-state index in [1.54, 1.807) is 25.1 Å². The summed E-state index contributed by atoms with van der Waals surface area (Å²) < 4.78 is 5.71. The van der Waals surface area contributed by atoms with Crippen molar-refractivity contribution in [3.63, 3.8) is 0 Å². The number of nitro benzene ring substituents is 1. The van der Waals surface area contributed by atoms with E-state index in [4.69, 9.17) is 10.00 Å². The molecule has 0 amide bonds. The first-order chi connectivity index (χ1) is 10.0.